The highest BCUT2D eigenvalue weighted by atomic mass is 16.2. The topological polar surface area (TPSA) is 90.5 Å². The summed E-state index contributed by atoms with van der Waals surface area (Å²) in [6.07, 6.45) is 5.81. The van der Waals surface area contributed by atoms with E-state index >= 15 is 0 Å². The van der Waals surface area contributed by atoms with E-state index in [1.807, 2.05) is 12.1 Å². The zero-order chi connectivity index (χ0) is 20.7. The molecule has 4 atom stereocenters. The molecule has 0 aromatic heterocycles. The number of hydrogen-bond acceptors (Lipinski definition) is 5. The molecule has 3 heterocycles. The van der Waals surface area contributed by atoms with Crippen LogP contribution in [0.4, 0.5) is 0 Å². The summed E-state index contributed by atoms with van der Waals surface area (Å²) < 4.78 is 0. The van der Waals surface area contributed by atoms with Crippen LogP contribution in [0.15, 0.2) is 18.2 Å². The average Bonchev–Trinajstić information content (AvgIpc) is 3.08. The van der Waals surface area contributed by atoms with Gasteiger partial charge in [-0.15, -0.1) is 0 Å². The van der Waals surface area contributed by atoms with Gasteiger partial charge in [0.05, 0.1) is 0 Å². The van der Waals surface area contributed by atoms with Crippen molar-refractivity contribution in [2.75, 3.05) is 13.1 Å². The van der Waals surface area contributed by atoms with Gasteiger partial charge in [-0.3, -0.25) is 19.7 Å². The van der Waals surface area contributed by atoms with E-state index in [9.17, 15) is 14.4 Å². The molecule has 3 N–H and O–H groups in total. The Morgan fingerprint density at radius 1 is 1.10 bits per heavy atom. The maximum absolute atomic E-state index is 12.8. The van der Waals surface area contributed by atoms with Gasteiger partial charge in [-0.1, -0.05) is 18.6 Å². The van der Waals surface area contributed by atoms with Gasteiger partial charge in [0.1, 0.15) is 6.04 Å². The van der Waals surface area contributed by atoms with E-state index in [1.54, 1.807) is 4.90 Å². The molecule has 3 amide bonds. The zero-order valence-corrected chi connectivity index (χ0v) is 17.3. The first-order valence-electron chi connectivity index (χ1n) is 11.3. The number of fused-ring (bicyclic) bond motifs is 2. The molecular formula is C23H30N4O3. The van der Waals surface area contributed by atoms with Gasteiger partial charge < -0.3 is 15.5 Å². The lowest BCUT2D eigenvalue weighted by Crippen LogP contribution is -2.52. The number of rotatable bonds is 4. The second-order valence-electron chi connectivity index (χ2n) is 9.23. The molecule has 7 nitrogen and oxygen atoms in total. The van der Waals surface area contributed by atoms with Crippen LogP contribution in [0.1, 0.15) is 60.0 Å². The minimum Gasteiger partial charge on any atom is -0.322 e. The Balaban J connectivity index is 1.24. The van der Waals surface area contributed by atoms with Crippen LogP contribution >= 0.6 is 0 Å². The molecular weight excluding hydrogens is 380 g/mol. The Bertz CT molecular complexity index is 868. The molecule has 3 fully saturated rings. The van der Waals surface area contributed by atoms with Crippen molar-refractivity contribution in [2.45, 2.75) is 63.7 Å². The smallest absolute Gasteiger partial charge is 0.255 e. The number of benzene rings is 1. The maximum Gasteiger partial charge on any atom is 0.255 e. The highest BCUT2D eigenvalue weighted by Crippen LogP contribution is 2.34. The molecule has 1 saturated carbocycles. The molecule has 160 valence electrons. The monoisotopic (exact) mass is 410 g/mol. The summed E-state index contributed by atoms with van der Waals surface area (Å²) in [5, 5.41) is 9.69. The molecule has 1 aromatic rings. The van der Waals surface area contributed by atoms with Crippen molar-refractivity contribution < 1.29 is 14.4 Å². The van der Waals surface area contributed by atoms with Gasteiger partial charge in [0.2, 0.25) is 11.8 Å². The molecule has 0 radical (unpaired) electrons. The molecule has 0 spiro atoms. The highest BCUT2D eigenvalue weighted by Gasteiger charge is 2.39. The largest absolute Gasteiger partial charge is 0.322 e. The van der Waals surface area contributed by atoms with Gasteiger partial charge in [0.15, 0.2) is 0 Å². The first kappa shape index (κ1) is 19.7. The standard InChI is InChI=1S/C23H30N4O3/c28-21-7-6-20(22(29)26-21)27-13-16-10-14(4-5-18(16)23(27)30)11-25-19-3-1-2-15-12-24-9-8-17(15)19/h4-5,10,15,17,19-20,24-25H,1-3,6-9,11-13H2,(H,26,28,29). The number of carbonyl (C=O) groups is 3. The minimum atomic E-state index is -0.553. The van der Waals surface area contributed by atoms with Crippen LogP contribution in [-0.4, -0.2) is 47.8 Å². The van der Waals surface area contributed by atoms with Crippen molar-refractivity contribution in [2.24, 2.45) is 11.8 Å². The number of piperidine rings is 2. The Morgan fingerprint density at radius 3 is 2.87 bits per heavy atom. The second kappa shape index (κ2) is 8.12. The summed E-state index contributed by atoms with van der Waals surface area (Å²) in [5.41, 5.74) is 2.84. The number of nitrogens with zero attached hydrogens (tertiary/aromatic N) is 1. The van der Waals surface area contributed by atoms with E-state index < -0.39 is 6.04 Å². The SMILES string of the molecule is O=C1CCC(N2Cc3cc(CNC4CCCC5CNCCC54)ccc3C2=O)C(=O)N1. The molecule has 3 aliphatic heterocycles. The molecule has 1 aromatic carbocycles. The summed E-state index contributed by atoms with van der Waals surface area (Å²) >= 11 is 0. The third kappa shape index (κ3) is 3.65. The maximum atomic E-state index is 12.8. The molecule has 7 heteroatoms. The van der Waals surface area contributed by atoms with Crippen LogP contribution in [0, 0.1) is 11.8 Å². The van der Waals surface area contributed by atoms with Gasteiger partial charge in [-0.05, 0) is 67.8 Å². The van der Waals surface area contributed by atoms with Crippen LogP contribution in [0.25, 0.3) is 0 Å². The number of carbonyl (C=O) groups excluding carboxylic acids is 3. The van der Waals surface area contributed by atoms with E-state index in [0.717, 1.165) is 37.0 Å². The number of imide groups is 1. The molecule has 30 heavy (non-hydrogen) atoms. The molecule has 1 aliphatic carbocycles. The fourth-order valence-corrected chi connectivity index (χ4v) is 5.84. The Kier molecular flexibility index (Phi) is 5.33. The number of amides is 3. The van der Waals surface area contributed by atoms with E-state index in [-0.39, 0.29) is 24.1 Å². The number of hydrogen-bond donors (Lipinski definition) is 3. The fraction of sp³-hybridized carbons (Fsp3) is 0.609. The minimum absolute atomic E-state index is 0.108. The van der Waals surface area contributed by atoms with Crippen LogP contribution in [0.2, 0.25) is 0 Å². The Hall–Kier alpha value is -2.25. The lowest BCUT2D eigenvalue weighted by atomic mass is 9.72. The summed E-state index contributed by atoms with van der Waals surface area (Å²) in [5.74, 6) is 0.836. The second-order valence-corrected chi connectivity index (χ2v) is 9.23. The van der Waals surface area contributed by atoms with Gasteiger partial charge in [-0.2, -0.15) is 0 Å². The van der Waals surface area contributed by atoms with Crippen molar-refractivity contribution in [1.82, 2.24) is 20.9 Å². The Labute approximate surface area is 177 Å². The lowest BCUT2D eigenvalue weighted by Gasteiger charge is -2.42. The molecule has 4 unspecified atom stereocenters. The Morgan fingerprint density at radius 2 is 2.00 bits per heavy atom. The van der Waals surface area contributed by atoms with Crippen molar-refractivity contribution in [1.29, 1.82) is 0 Å². The predicted octanol–water partition coefficient (Wildman–Crippen LogP) is 1.32. The first-order valence-corrected chi connectivity index (χ1v) is 11.3. The van der Waals surface area contributed by atoms with Crippen molar-refractivity contribution >= 4 is 17.7 Å². The van der Waals surface area contributed by atoms with Crippen molar-refractivity contribution in [3.05, 3.63) is 34.9 Å². The molecule has 5 rings (SSSR count). The molecule has 4 aliphatic rings. The highest BCUT2D eigenvalue weighted by molar-refractivity contribution is 6.05. The molecule has 0 bridgehead atoms. The van der Waals surface area contributed by atoms with E-state index in [4.69, 9.17) is 0 Å². The normalized spacial score (nSPS) is 31.3. The number of nitrogens with one attached hydrogen (secondary N) is 3. The summed E-state index contributed by atoms with van der Waals surface area (Å²) in [6.45, 7) is 3.52. The van der Waals surface area contributed by atoms with Crippen molar-refractivity contribution in [3.63, 3.8) is 0 Å². The lowest BCUT2D eigenvalue weighted by molar-refractivity contribution is -0.136. The summed E-state index contributed by atoms with van der Waals surface area (Å²) in [4.78, 5) is 38.1. The third-order valence-electron chi connectivity index (χ3n) is 7.43. The van der Waals surface area contributed by atoms with E-state index in [1.165, 1.54) is 31.2 Å². The molecule has 2 saturated heterocycles. The van der Waals surface area contributed by atoms with Gasteiger partial charge in [0, 0.05) is 31.1 Å². The van der Waals surface area contributed by atoms with Gasteiger partial charge in [0.25, 0.3) is 5.91 Å². The average molecular weight is 411 g/mol. The summed E-state index contributed by atoms with van der Waals surface area (Å²) in [7, 11) is 0. The third-order valence-corrected chi connectivity index (χ3v) is 7.43. The van der Waals surface area contributed by atoms with E-state index in [2.05, 4.69) is 22.0 Å². The van der Waals surface area contributed by atoms with Gasteiger partial charge in [-0.25, -0.2) is 0 Å². The fourth-order valence-electron chi connectivity index (χ4n) is 5.84. The van der Waals surface area contributed by atoms with Crippen molar-refractivity contribution in [3.8, 4) is 0 Å². The zero-order valence-electron chi connectivity index (χ0n) is 17.3. The van der Waals surface area contributed by atoms with Crippen LogP contribution in [0.5, 0.6) is 0 Å². The van der Waals surface area contributed by atoms with Crippen LogP contribution in [0.3, 0.4) is 0 Å². The van der Waals surface area contributed by atoms with Gasteiger partial charge >= 0.3 is 0 Å². The first-order chi connectivity index (χ1) is 14.6. The summed E-state index contributed by atoms with van der Waals surface area (Å²) in [6, 6.07) is 6.05. The predicted molar refractivity (Wildman–Crippen MR) is 111 cm³/mol. The van der Waals surface area contributed by atoms with E-state index in [0.29, 0.717) is 24.6 Å². The van der Waals surface area contributed by atoms with Crippen LogP contribution in [-0.2, 0) is 22.7 Å². The quantitative estimate of drug-likeness (QED) is 0.652. The van der Waals surface area contributed by atoms with Crippen LogP contribution < -0.4 is 16.0 Å².